The lowest BCUT2D eigenvalue weighted by Crippen LogP contribution is -2.30. The van der Waals surface area contributed by atoms with Crippen LogP contribution in [0.3, 0.4) is 0 Å². The number of nitrogens with one attached hydrogen (secondary N) is 2. The third-order valence-electron chi connectivity index (χ3n) is 3.00. The van der Waals surface area contributed by atoms with E-state index in [-0.39, 0.29) is 0 Å². The number of hydrogen-bond acceptors (Lipinski definition) is 4. The van der Waals surface area contributed by atoms with Crippen molar-refractivity contribution in [2.24, 2.45) is 0 Å². The summed E-state index contributed by atoms with van der Waals surface area (Å²) in [5.41, 5.74) is 2.43. The number of rotatable bonds is 7. The van der Waals surface area contributed by atoms with Gasteiger partial charge in [0.25, 0.3) is 0 Å². The summed E-state index contributed by atoms with van der Waals surface area (Å²) in [6, 6.07) is 8.33. The first-order valence-electron chi connectivity index (χ1n) is 7.16. The van der Waals surface area contributed by atoms with Crippen LogP contribution in [0, 0.1) is 6.92 Å². The highest BCUT2D eigenvalue weighted by molar-refractivity contribution is 7.80. The van der Waals surface area contributed by atoms with Crippen LogP contribution in [-0.4, -0.2) is 40.1 Å². The van der Waals surface area contributed by atoms with E-state index in [0.29, 0.717) is 24.2 Å². The molecule has 1 aromatic heterocycles. The molecule has 2 aromatic rings. The highest BCUT2D eigenvalue weighted by Crippen LogP contribution is 2.06. The molecule has 22 heavy (non-hydrogen) atoms. The van der Waals surface area contributed by atoms with Crippen molar-refractivity contribution in [1.29, 1.82) is 0 Å². The molecule has 0 aliphatic rings. The molecule has 2 rings (SSSR count). The van der Waals surface area contributed by atoms with E-state index in [1.54, 1.807) is 18.1 Å². The molecule has 7 heteroatoms. The zero-order valence-electron chi connectivity index (χ0n) is 12.9. The van der Waals surface area contributed by atoms with Gasteiger partial charge in [0.05, 0.1) is 6.54 Å². The summed E-state index contributed by atoms with van der Waals surface area (Å²) in [6.07, 6.45) is 2.59. The predicted molar refractivity (Wildman–Crippen MR) is 91.0 cm³/mol. The normalized spacial score (nSPS) is 10.5. The van der Waals surface area contributed by atoms with Crippen molar-refractivity contribution in [3.8, 4) is 0 Å². The Morgan fingerprint density at radius 1 is 1.41 bits per heavy atom. The number of thiocarbonyl (C=S) groups is 1. The van der Waals surface area contributed by atoms with Crippen molar-refractivity contribution in [1.82, 2.24) is 20.1 Å². The fourth-order valence-electron chi connectivity index (χ4n) is 1.99. The monoisotopic (exact) mass is 319 g/mol. The molecule has 0 aliphatic carbocycles. The lowest BCUT2D eigenvalue weighted by Gasteiger charge is -2.07. The van der Waals surface area contributed by atoms with Crippen molar-refractivity contribution in [3.63, 3.8) is 0 Å². The lowest BCUT2D eigenvalue weighted by atomic mass is 10.1. The van der Waals surface area contributed by atoms with Gasteiger partial charge in [0.2, 0.25) is 5.95 Å². The van der Waals surface area contributed by atoms with Crippen LogP contribution in [0.2, 0.25) is 0 Å². The SMILES string of the molecule is COCCCNC(=S)Nc1ncn(Cc2cccc(C)c2)n1. The molecule has 0 atom stereocenters. The molecule has 6 nitrogen and oxygen atoms in total. The van der Waals surface area contributed by atoms with Gasteiger partial charge in [-0.2, -0.15) is 0 Å². The van der Waals surface area contributed by atoms with E-state index in [4.69, 9.17) is 17.0 Å². The molecule has 0 aliphatic heterocycles. The van der Waals surface area contributed by atoms with Gasteiger partial charge in [-0.15, -0.1) is 5.10 Å². The minimum atomic E-state index is 0.497. The number of aromatic nitrogens is 3. The minimum Gasteiger partial charge on any atom is -0.385 e. The van der Waals surface area contributed by atoms with Gasteiger partial charge < -0.3 is 10.1 Å². The molecular weight excluding hydrogens is 298 g/mol. The van der Waals surface area contributed by atoms with Crippen LogP contribution in [0.1, 0.15) is 17.5 Å². The topological polar surface area (TPSA) is 64.0 Å². The van der Waals surface area contributed by atoms with Crippen LogP contribution in [0.5, 0.6) is 0 Å². The van der Waals surface area contributed by atoms with E-state index in [1.165, 1.54) is 11.1 Å². The summed E-state index contributed by atoms with van der Waals surface area (Å²) in [4.78, 5) is 4.21. The zero-order valence-corrected chi connectivity index (χ0v) is 13.7. The Hall–Kier alpha value is -1.99. The highest BCUT2D eigenvalue weighted by Gasteiger charge is 2.04. The predicted octanol–water partition coefficient (Wildman–Crippen LogP) is 1.96. The Labute approximate surface area is 135 Å². The molecule has 0 bridgehead atoms. The molecule has 0 amide bonds. The van der Waals surface area contributed by atoms with E-state index in [0.717, 1.165) is 13.0 Å². The average molecular weight is 319 g/mol. The van der Waals surface area contributed by atoms with E-state index in [1.807, 2.05) is 6.07 Å². The molecule has 2 N–H and O–H groups in total. The molecule has 0 saturated carbocycles. The second kappa shape index (κ2) is 8.45. The maximum absolute atomic E-state index is 5.19. The maximum Gasteiger partial charge on any atom is 0.248 e. The second-order valence-electron chi connectivity index (χ2n) is 4.98. The minimum absolute atomic E-state index is 0.497. The quantitative estimate of drug-likeness (QED) is 0.601. The van der Waals surface area contributed by atoms with Crippen LogP contribution in [-0.2, 0) is 11.3 Å². The van der Waals surface area contributed by atoms with Crippen LogP contribution >= 0.6 is 12.2 Å². The van der Waals surface area contributed by atoms with Crippen LogP contribution in [0.25, 0.3) is 0 Å². The number of methoxy groups -OCH3 is 1. The van der Waals surface area contributed by atoms with Crippen LogP contribution in [0.15, 0.2) is 30.6 Å². The third kappa shape index (κ3) is 5.42. The first-order valence-corrected chi connectivity index (χ1v) is 7.57. The fraction of sp³-hybridized carbons (Fsp3) is 0.400. The van der Waals surface area contributed by atoms with Gasteiger partial charge in [-0.3, -0.25) is 5.32 Å². The number of nitrogens with zero attached hydrogens (tertiary/aromatic N) is 3. The van der Waals surface area contributed by atoms with Gasteiger partial charge in [0, 0.05) is 20.3 Å². The Morgan fingerprint density at radius 2 is 2.27 bits per heavy atom. The summed E-state index contributed by atoms with van der Waals surface area (Å²) < 4.78 is 6.76. The molecular formula is C15H21N5OS. The largest absolute Gasteiger partial charge is 0.385 e. The van der Waals surface area contributed by atoms with Gasteiger partial charge >= 0.3 is 0 Å². The molecule has 1 heterocycles. The first kappa shape index (κ1) is 16.4. The Kier molecular flexibility index (Phi) is 6.29. The zero-order chi connectivity index (χ0) is 15.8. The number of ether oxygens (including phenoxy) is 1. The number of anilines is 1. The second-order valence-corrected chi connectivity index (χ2v) is 5.39. The van der Waals surface area contributed by atoms with Gasteiger partial charge in [-0.25, -0.2) is 9.67 Å². The summed E-state index contributed by atoms with van der Waals surface area (Å²) in [5.74, 6) is 0.497. The van der Waals surface area contributed by atoms with Gasteiger partial charge in [0.15, 0.2) is 5.11 Å². The highest BCUT2D eigenvalue weighted by atomic mass is 32.1. The summed E-state index contributed by atoms with van der Waals surface area (Å²) in [7, 11) is 1.68. The van der Waals surface area contributed by atoms with E-state index in [9.17, 15) is 0 Å². The molecule has 1 aromatic carbocycles. The van der Waals surface area contributed by atoms with Crippen molar-refractivity contribution >= 4 is 23.3 Å². The Morgan fingerprint density at radius 3 is 3.05 bits per heavy atom. The lowest BCUT2D eigenvalue weighted by molar-refractivity contribution is 0.196. The Balaban J connectivity index is 1.82. The smallest absolute Gasteiger partial charge is 0.248 e. The molecule has 0 spiro atoms. The van der Waals surface area contributed by atoms with E-state index in [2.05, 4.69) is 45.8 Å². The van der Waals surface area contributed by atoms with Gasteiger partial charge in [0.1, 0.15) is 6.33 Å². The number of aryl methyl sites for hydroxylation is 1. The average Bonchev–Trinajstić information content (AvgIpc) is 2.91. The van der Waals surface area contributed by atoms with E-state index >= 15 is 0 Å². The van der Waals surface area contributed by atoms with Crippen molar-refractivity contribution in [3.05, 3.63) is 41.7 Å². The first-order chi connectivity index (χ1) is 10.7. The maximum atomic E-state index is 5.19. The summed E-state index contributed by atoms with van der Waals surface area (Å²) >= 11 is 5.19. The van der Waals surface area contributed by atoms with Crippen LogP contribution in [0.4, 0.5) is 5.95 Å². The standard InChI is InChI=1S/C15H21N5OS/c1-12-5-3-6-13(9-12)10-20-11-17-14(19-20)18-15(22)16-7-4-8-21-2/h3,5-6,9,11H,4,7-8,10H2,1-2H3,(H2,16,18,19,22). The third-order valence-corrected chi connectivity index (χ3v) is 3.25. The van der Waals surface area contributed by atoms with Gasteiger partial charge in [-0.05, 0) is 31.1 Å². The molecule has 0 fully saturated rings. The van der Waals surface area contributed by atoms with E-state index < -0.39 is 0 Å². The molecule has 0 saturated heterocycles. The fourth-order valence-corrected chi connectivity index (χ4v) is 2.18. The molecule has 118 valence electrons. The summed E-state index contributed by atoms with van der Waals surface area (Å²) in [6.45, 7) is 4.22. The van der Waals surface area contributed by atoms with Crippen molar-refractivity contribution in [2.75, 3.05) is 25.6 Å². The molecule has 0 radical (unpaired) electrons. The Bertz CT molecular complexity index is 613. The number of hydrogen-bond donors (Lipinski definition) is 2. The van der Waals surface area contributed by atoms with Crippen LogP contribution < -0.4 is 10.6 Å². The summed E-state index contributed by atoms with van der Waals surface area (Å²) in [5, 5.41) is 10.9. The van der Waals surface area contributed by atoms with Crippen molar-refractivity contribution < 1.29 is 4.74 Å². The van der Waals surface area contributed by atoms with Gasteiger partial charge in [-0.1, -0.05) is 29.8 Å². The molecule has 0 unspecified atom stereocenters. The van der Waals surface area contributed by atoms with Crippen molar-refractivity contribution in [2.45, 2.75) is 19.9 Å². The number of benzene rings is 1.